The van der Waals surface area contributed by atoms with Gasteiger partial charge in [0, 0.05) is 18.0 Å². The molecule has 0 aliphatic carbocycles. The fraction of sp³-hybridized carbons (Fsp3) is 0.385. The van der Waals surface area contributed by atoms with Crippen molar-refractivity contribution in [2.24, 2.45) is 5.92 Å². The number of carbonyl (C=O) groups excluding carboxylic acids is 1. The van der Waals surface area contributed by atoms with E-state index in [9.17, 15) is 19.1 Å². The minimum atomic E-state index is -0.805. The number of aliphatic hydroxyl groups is 1. The number of benzene rings is 2. The van der Waals surface area contributed by atoms with E-state index in [0.717, 1.165) is 0 Å². The Hall–Kier alpha value is -2.77. The van der Waals surface area contributed by atoms with Crippen LogP contribution in [0.2, 0.25) is 5.02 Å². The van der Waals surface area contributed by atoms with Crippen LogP contribution in [0.25, 0.3) is 10.9 Å². The molecule has 1 heterocycles. The summed E-state index contributed by atoms with van der Waals surface area (Å²) >= 11 is 5.83. The molecule has 3 aromatic rings. The summed E-state index contributed by atoms with van der Waals surface area (Å²) in [5.41, 5.74) is -0.363. The number of rotatable bonds is 7. The Labute approximate surface area is 202 Å². The average Bonchev–Trinajstić information content (AvgIpc) is 2.81. The summed E-state index contributed by atoms with van der Waals surface area (Å²) in [6.45, 7) is 9.14. The molecule has 8 heteroatoms. The van der Waals surface area contributed by atoms with Crippen LogP contribution in [0.15, 0.2) is 41.3 Å². The van der Waals surface area contributed by atoms with Gasteiger partial charge >= 0.3 is 5.97 Å². The SMILES string of the molecule is CC.CCOC(=O)c1cn(C(CO)C(C)C)c2cc(F)c(Cc3cccc(Cl)c3F)cc2c1=O. The molecule has 1 unspecified atom stereocenters. The molecule has 2 aromatic carbocycles. The number of nitrogens with zero attached hydrogens (tertiary/aromatic N) is 1. The number of pyridine rings is 1. The quantitative estimate of drug-likeness (QED) is 0.415. The van der Waals surface area contributed by atoms with Crippen LogP contribution < -0.4 is 5.43 Å². The zero-order chi connectivity index (χ0) is 25.6. The maximum absolute atomic E-state index is 15.1. The van der Waals surface area contributed by atoms with Gasteiger partial charge in [-0.3, -0.25) is 4.79 Å². The number of hydrogen-bond acceptors (Lipinski definition) is 4. The summed E-state index contributed by atoms with van der Waals surface area (Å²) in [6, 6.07) is 6.42. The number of carbonyl (C=O) groups is 1. The molecule has 0 aliphatic heterocycles. The Kier molecular flexibility index (Phi) is 9.77. The molecule has 1 aromatic heterocycles. The lowest BCUT2D eigenvalue weighted by atomic mass is 9.99. The maximum atomic E-state index is 15.1. The molecule has 0 fully saturated rings. The highest BCUT2D eigenvalue weighted by atomic mass is 35.5. The van der Waals surface area contributed by atoms with Gasteiger partial charge in [0.05, 0.1) is 29.8 Å². The topological polar surface area (TPSA) is 68.5 Å². The van der Waals surface area contributed by atoms with Crippen LogP contribution in [0, 0.1) is 17.6 Å². The zero-order valence-electron chi connectivity index (χ0n) is 20.0. The van der Waals surface area contributed by atoms with E-state index in [2.05, 4.69) is 0 Å². The summed E-state index contributed by atoms with van der Waals surface area (Å²) in [4.78, 5) is 25.6. The van der Waals surface area contributed by atoms with Gasteiger partial charge in [0.2, 0.25) is 5.43 Å². The Morgan fingerprint density at radius 3 is 2.44 bits per heavy atom. The summed E-state index contributed by atoms with van der Waals surface area (Å²) in [5.74, 6) is -2.19. The fourth-order valence-corrected chi connectivity index (χ4v) is 3.88. The summed E-state index contributed by atoms with van der Waals surface area (Å²) in [7, 11) is 0. The van der Waals surface area contributed by atoms with E-state index in [1.165, 1.54) is 35.0 Å². The summed E-state index contributed by atoms with van der Waals surface area (Å²) in [6.07, 6.45) is 1.17. The minimum Gasteiger partial charge on any atom is -0.462 e. The van der Waals surface area contributed by atoms with E-state index >= 15 is 4.39 Å². The highest BCUT2D eigenvalue weighted by molar-refractivity contribution is 6.30. The van der Waals surface area contributed by atoms with E-state index in [0.29, 0.717) is 0 Å². The van der Waals surface area contributed by atoms with E-state index in [4.69, 9.17) is 16.3 Å². The first kappa shape index (κ1) is 27.5. The molecule has 0 radical (unpaired) electrons. The lowest BCUT2D eigenvalue weighted by Crippen LogP contribution is -2.26. The molecule has 0 saturated carbocycles. The molecule has 0 bridgehead atoms. The first-order chi connectivity index (χ1) is 16.2. The lowest BCUT2D eigenvalue weighted by Gasteiger charge is -2.25. The van der Waals surface area contributed by atoms with Crippen LogP contribution in [-0.2, 0) is 11.2 Å². The van der Waals surface area contributed by atoms with Crippen molar-refractivity contribution in [1.29, 1.82) is 0 Å². The number of halogens is 3. The summed E-state index contributed by atoms with van der Waals surface area (Å²) in [5, 5.41) is 9.92. The van der Waals surface area contributed by atoms with Gasteiger partial charge in [-0.1, -0.05) is 51.4 Å². The highest BCUT2D eigenvalue weighted by Gasteiger charge is 2.23. The van der Waals surface area contributed by atoms with Crippen molar-refractivity contribution >= 4 is 28.5 Å². The number of fused-ring (bicyclic) bond motifs is 1. The predicted molar refractivity (Wildman–Crippen MR) is 131 cm³/mol. The van der Waals surface area contributed by atoms with Crippen molar-refractivity contribution < 1.29 is 23.4 Å². The predicted octanol–water partition coefficient (Wildman–Crippen LogP) is 5.92. The van der Waals surface area contributed by atoms with E-state index in [-0.39, 0.29) is 58.2 Å². The molecule has 0 spiro atoms. The molecule has 184 valence electrons. The third-order valence-electron chi connectivity index (χ3n) is 5.42. The van der Waals surface area contributed by atoms with Crippen LogP contribution in [-0.4, -0.2) is 28.9 Å². The molecule has 5 nitrogen and oxygen atoms in total. The first-order valence-corrected chi connectivity index (χ1v) is 11.7. The number of esters is 1. The van der Waals surface area contributed by atoms with Crippen molar-refractivity contribution in [3.8, 4) is 0 Å². The van der Waals surface area contributed by atoms with E-state index < -0.39 is 29.1 Å². The first-order valence-electron chi connectivity index (χ1n) is 11.3. The van der Waals surface area contributed by atoms with Crippen molar-refractivity contribution in [2.75, 3.05) is 13.2 Å². The Balaban J connectivity index is 0.00000199. The van der Waals surface area contributed by atoms with E-state index in [1.54, 1.807) is 13.0 Å². The maximum Gasteiger partial charge on any atom is 0.343 e. The van der Waals surface area contributed by atoms with Gasteiger partial charge in [-0.25, -0.2) is 13.6 Å². The standard InChI is InChI=1S/C24H24ClF2NO4.C2H6/c1-4-32-24(31)17-11-28(21(12-29)13(2)3)20-10-19(26)15(9-16(20)23(17)30)8-14-6-5-7-18(25)22(14)27;1-2/h5-7,9-11,13,21,29H,4,8,12H2,1-3H3;1-2H3. The van der Waals surface area contributed by atoms with Crippen LogP contribution in [0.3, 0.4) is 0 Å². The molecule has 1 atom stereocenters. The molecule has 0 saturated heterocycles. The number of aromatic nitrogens is 1. The van der Waals surface area contributed by atoms with Crippen molar-refractivity contribution in [3.05, 3.63) is 80.1 Å². The van der Waals surface area contributed by atoms with Gasteiger partial charge in [0.15, 0.2) is 0 Å². The third kappa shape index (κ3) is 5.65. The molecule has 0 amide bonds. The normalized spacial score (nSPS) is 11.8. The molecule has 0 aliphatic rings. The van der Waals surface area contributed by atoms with Crippen LogP contribution in [0.5, 0.6) is 0 Å². The molecule has 34 heavy (non-hydrogen) atoms. The molecule has 1 N–H and O–H groups in total. The Bertz CT molecular complexity index is 1220. The van der Waals surface area contributed by atoms with Gasteiger partial charge in [0.1, 0.15) is 17.2 Å². The number of ether oxygens (including phenoxy) is 1. The molecular formula is C26H30ClF2NO4. The molecule has 3 rings (SSSR count). The molecular weight excluding hydrogens is 464 g/mol. The Morgan fingerprint density at radius 2 is 1.85 bits per heavy atom. The summed E-state index contributed by atoms with van der Waals surface area (Å²) < 4.78 is 36.0. The van der Waals surface area contributed by atoms with Crippen LogP contribution >= 0.6 is 11.6 Å². The van der Waals surface area contributed by atoms with Gasteiger partial charge < -0.3 is 14.4 Å². The average molecular weight is 494 g/mol. The van der Waals surface area contributed by atoms with Gasteiger partial charge in [-0.2, -0.15) is 0 Å². The fourth-order valence-electron chi connectivity index (χ4n) is 3.69. The van der Waals surface area contributed by atoms with Crippen molar-refractivity contribution in [2.45, 2.75) is 47.1 Å². The minimum absolute atomic E-state index is 0.0760. The van der Waals surface area contributed by atoms with Gasteiger partial charge in [-0.15, -0.1) is 0 Å². The Morgan fingerprint density at radius 1 is 1.18 bits per heavy atom. The smallest absolute Gasteiger partial charge is 0.343 e. The highest BCUT2D eigenvalue weighted by Crippen LogP contribution is 2.27. The second-order valence-corrected chi connectivity index (χ2v) is 8.25. The largest absolute Gasteiger partial charge is 0.462 e. The van der Waals surface area contributed by atoms with Crippen LogP contribution in [0.4, 0.5) is 8.78 Å². The van der Waals surface area contributed by atoms with Gasteiger partial charge in [0.25, 0.3) is 0 Å². The van der Waals surface area contributed by atoms with Gasteiger partial charge in [-0.05, 0) is 42.2 Å². The number of aliphatic hydroxyl groups excluding tert-OH is 1. The third-order valence-corrected chi connectivity index (χ3v) is 5.71. The second kappa shape index (κ2) is 12.1. The lowest BCUT2D eigenvalue weighted by molar-refractivity contribution is 0.0523. The second-order valence-electron chi connectivity index (χ2n) is 7.84. The van der Waals surface area contributed by atoms with Crippen molar-refractivity contribution in [3.63, 3.8) is 0 Å². The monoisotopic (exact) mass is 493 g/mol. The van der Waals surface area contributed by atoms with Crippen LogP contribution in [0.1, 0.15) is 62.1 Å². The number of hydrogen-bond donors (Lipinski definition) is 1. The van der Waals surface area contributed by atoms with E-state index in [1.807, 2.05) is 27.7 Å². The van der Waals surface area contributed by atoms with Crippen molar-refractivity contribution in [1.82, 2.24) is 4.57 Å². The zero-order valence-corrected chi connectivity index (χ0v) is 20.7.